The lowest BCUT2D eigenvalue weighted by atomic mass is 9.91. The van der Waals surface area contributed by atoms with Gasteiger partial charge < -0.3 is 16.6 Å². The fourth-order valence-electron chi connectivity index (χ4n) is 2.41. The van der Waals surface area contributed by atoms with E-state index in [-0.39, 0.29) is 0 Å². The first-order valence-corrected chi connectivity index (χ1v) is 7.96. The number of nitrogen functional groups attached to an aromatic ring is 1. The van der Waals surface area contributed by atoms with Crippen LogP contribution in [0.15, 0.2) is 39.9 Å². The molecule has 0 saturated heterocycles. The van der Waals surface area contributed by atoms with Gasteiger partial charge >= 0.3 is 12.1 Å². The highest BCUT2D eigenvalue weighted by Gasteiger charge is 2.38. The van der Waals surface area contributed by atoms with Crippen molar-refractivity contribution in [1.82, 2.24) is 9.78 Å². The normalized spacial score (nSPS) is 19.0. The Bertz CT molecular complexity index is 865. The summed E-state index contributed by atoms with van der Waals surface area (Å²) in [6, 6.07) is 7.73. The number of hydrogen-bond acceptors (Lipinski definition) is 5. The first-order valence-electron chi connectivity index (χ1n) is 7.17. The van der Waals surface area contributed by atoms with E-state index in [4.69, 9.17) is 21.4 Å². The van der Waals surface area contributed by atoms with Gasteiger partial charge in [-0.15, -0.1) is 0 Å². The van der Waals surface area contributed by atoms with E-state index in [1.165, 1.54) is 0 Å². The molecular formula is C15H15BrF3N5O2. The van der Waals surface area contributed by atoms with E-state index in [1.54, 1.807) is 6.20 Å². The molecule has 0 bridgehead atoms. The summed E-state index contributed by atoms with van der Waals surface area (Å²) in [6.07, 6.45) is -3.34. The highest BCUT2D eigenvalue weighted by molar-refractivity contribution is 9.10. The van der Waals surface area contributed by atoms with Gasteiger partial charge in [0.05, 0.1) is 17.2 Å². The molecule has 1 aromatic carbocycles. The number of carboxylic acids is 1. The van der Waals surface area contributed by atoms with Crippen LogP contribution in [0.4, 0.5) is 18.9 Å². The van der Waals surface area contributed by atoms with Gasteiger partial charge in [0.1, 0.15) is 17.1 Å². The number of aromatic nitrogens is 2. The predicted octanol–water partition coefficient (Wildman–Crippen LogP) is 2.50. The summed E-state index contributed by atoms with van der Waals surface area (Å²) in [5.74, 6) is -2.27. The number of amidine groups is 1. The summed E-state index contributed by atoms with van der Waals surface area (Å²) in [5, 5.41) is 11.5. The average Bonchev–Trinajstić information content (AvgIpc) is 2.88. The van der Waals surface area contributed by atoms with Gasteiger partial charge in [-0.2, -0.15) is 18.3 Å². The fourth-order valence-corrected chi connectivity index (χ4v) is 2.91. The summed E-state index contributed by atoms with van der Waals surface area (Å²) in [7, 11) is 0. The van der Waals surface area contributed by atoms with Crippen LogP contribution in [0.25, 0.3) is 0 Å². The zero-order chi connectivity index (χ0) is 19.7. The molecule has 2 aromatic rings. The van der Waals surface area contributed by atoms with Gasteiger partial charge in [0.2, 0.25) is 0 Å². The van der Waals surface area contributed by atoms with Gasteiger partial charge in [0.15, 0.2) is 0 Å². The van der Waals surface area contributed by atoms with Crippen LogP contribution in [0.1, 0.15) is 18.2 Å². The van der Waals surface area contributed by atoms with Gasteiger partial charge in [0, 0.05) is 5.69 Å². The lowest BCUT2D eigenvalue weighted by molar-refractivity contribution is -0.192. The second-order valence-electron chi connectivity index (χ2n) is 5.70. The van der Waals surface area contributed by atoms with E-state index in [9.17, 15) is 13.2 Å². The van der Waals surface area contributed by atoms with E-state index in [2.05, 4.69) is 26.0 Å². The molecule has 0 saturated carbocycles. The zero-order valence-electron chi connectivity index (χ0n) is 13.5. The molecule has 3 rings (SSSR count). The SMILES string of the molecule is CC1(c2cccc(N)c2)Cn2ncc(Br)c2C(N)=N1.O=C(O)C(F)(F)F. The van der Waals surface area contributed by atoms with Crippen LogP contribution in [-0.2, 0) is 16.9 Å². The lowest BCUT2D eigenvalue weighted by Gasteiger charge is -2.31. The van der Waals surface area contributed by atoms with Crippen molar-refractivity contribution < 1.29 is 23.1 Å². The standard InChI is InChI=1S/C13H14BrN5.C2HF3O2/c1-13(8-3-2-4-9(15)5-8)7-19-11(12(16)18-13)10(14)6-17-19;3-2(4,5)1(6)7/h2-6H,7,15H2,1H3,(H2,16,18);(H,6,7). The van der Waals surface area contributed by atoms with Crippen molar-refractivity contribution in [1.29, 1.82) is 0 Å². The molecule has 5 N–H and O–H groups in total. The number of halogens is 4. The Morgan fingerprint density at radius 2 is 2.00 bits per heavy atom. The van der Waals surface area contributed by atoms with Crippen LogP contribution in [-0.4, -0.2) is 32.9 Å². The first kappa shape index (κ1) is 19.8. The number of aliphatic imine (C=N–C) groups is 1. The molecule has 0 amide bonds. The van der Waals surface area contributed by atoms with Crippen molar-refractivity contribution in [2.45, 2.75) is 25.2 Å². The number of anilines is 1. The third-order valence-electron chi connectivity index (χ3n) is 3.61. The van der Waals surface area contributed by atoms with Crippen molar-refractivity contribution in [3.63, 3.8) is 0 Å². The van der Waals surface area contributed by atoms with Crippen molar-refractivity contribution in [3.8, 4) is 0 Å². The van der Waals surface area contributed by atoms with Gasteiger partial charge in [-0.05, 0) is 40.5 Å². The minimum atomic E-state index is -5.08. The second-order valence-corrected chi connectivity index (χ2v) is 6.55. The predicted molar refractivity (Wildman–Crippen MR) is 92.5 cm³/mol. The van der Waals surface area contributed by atoms with E-state index < -0.39 is 17.7 Å². The smallest absolute Gasteiger partial charge is 0.475 e. The van der Waals surface area contributed by atoms with Crippen LogP contribution < -0.4 is 11.5 Å². The minimum Gasteiger partial charge on any atom is -0.475 e. The molecule has 1 aliphatic heterocycles. The van der Waals surface area contributed by atoms with Crippen molar-refractivity contribution in [2.24, 2.45) is 10.7 Å². The molecule has 11 heteroatoms. The number of nitrogens with zero attached hydrogens (tertiary/aromatic N) is 3. The number of fused-ring (bicyclic) bond motifs is 1. The number of alkyl halides is 3. The van der Waals surface area contributed by atoms with E-state index in [0.29, 0.717) is 12.4 Å². The highest BCUT2D eigenvalue weighted by atomic mass is 79.9. The molecule has 26 heavy (non-hydrogen) atoms. The van der Waals surface area contributed by atoms with Gasteiger partial charge in [-0.25, -0.2) is 4.79 Å². The van der Waals surface area contributed by atoms with Gasteiger partial charge in [-0.3, -0.25) is 9.67 Å². The van der Waals surface area contributed by atoms with Crippen molar-refractivity contribution in [3.05, 3.63) is 46.2 Å². The van der Waals surface area contributed by atoms with Crippen LogP contribution in [0, 0.1) is 0 Å². The van der Waals surface area contributed by atoms with Gasteiger partial charge in [0.25, 0.3) is 0 Å². The lowest BCUT2D eigenvalue weighted by Crippen LogP contribution is -2.37. The molecule has 0 fully saturated rings. The Balaban J connectivity index is 0.000000298. The third kappa shape index (κ3) is 4.15. The summed E-state index contributed by atoms with van der Waals surface area (Å²) in [5.41, 5.74) is 14.1. The largest absolute Gasteiger partial charge is 0.490 e. The number of hydrogen-bond donors (Lipinski definition) is 3. The summed E-state index contributed by atoms with van der Waals surface area (Å²) < 4.78 is 34.5. The average molecular weight is 434 g/mol. The second kappa shape index (κ2) is 6.98. The maximum atomic E-state index is 10.6. The number of carbonyl (C=O) groups is 1. The summed E-state index contributed by atoms with van der Waals surface area (Å²) in [6.45, 7) is 2.67. The van der Waals surface area contributed by atoms with E-state index in [1.807, 2.05) is 35.9 Å². The molecular weight excluding hydrogens is 419 g/mol. The monoisotopic (exact) mass is 433 g/mol. The Labute approximate surface area is 154 Å². The maximum Gasteiger partial charge on any atom is 0.490 e. The third-order valence-corrected chi connectivity index (χ3v) is 4.19. The zero-order valence-corrected chi connectivity index (χ0v) is 15.0. The Kier molecular flexibility index (Phi) is 5.31. The number of carboxylic acid groups (broad SMARTS) is 1. The minimum absolute atomic E-state index is 0.447. The van der Waals surface area contributed by atoms with Crippen LogP contribution in [0.2, 0.25) is 0 Å². The Hall–Kier alpha value is -2.56. The van der Waals surface area contributed by atoms with Crippen molar-refractivity contribution in [2.75, 3.05) is 5.73 Å². The maximum absolute atomic E-state index is 10.6. The summed E-state index contributed by atoms with van der Waals surface area (Å²) in [4.78, 5) is 13.5. The number of nitrogens with two attached hydrogens (primary N) is 2. The van der Waals surface area contributed by atoms with Crippen LogP contribution in [0.3, 0.4) is 0 Å². The molecule has 2 heterocycles. The molecule has 0 aliphatic carbocycles. The highest BCUT2D eigenvalue weighted by Crippen LogP contribution is 2.33. The number of aliphatic carboxylic acids is 1. The Morgan fingerprint density at radius 3 is 2.54 bits per heavy atom. The fraction of sp³-hybridized carbons (Fsp3) is 0.267. The molecule has 1 aromatic heterocycles. The topological polar surface area (TPSA) is 120 Å². The molecule has 140 valence electrons. The molecule has 0 radical (unpaired) electrons. The van der Waals surface area contributed by atoms with Gasteiger partial charge in [-0.1, -0.05) is 12.1 Å². The first-order chi connectivity index (χ1) is 11.9. The van der Waals surface area contributed by atoms with Crippen LogP contribution >= 0.6 is 15.9 Å². The molecule has 7 nitrogen and oxygen atoms in total. The van der Waals surface area contributed by atoms with Crippen LogP contribution in [0.5, 0.6) is 0 Å². The molecule has 1 aliphatic rings. The number of benzene rings is 1. The van der Waals surface area contributed by atoms with Crippen molar-refractivity contribution >= 4 is 33.4 Å². The summed E-state index contributed by atoms with van der Waals surface area (Å²) >= 11 is 3.43. The van der Waals surface area contributed by atoms with E-state index >= 15 is 0 Å². The quantitative estimate of drug-likeness (QED) is 0.596. The number of rotatable bonds is 1. The molecule has 0 spiro atoms. The molecule has 1 atom stereocenters. The molecule has 1 unspecified atom stereocenters. The van der Waals surface area contributed by atoms with E-state index in [0.717, 1.165) is 21.4 Å². The Morgan fingerprint density at radius 1 is 1.38 bits per heavy atom.